The molecule has 0 bridgehead atoms. The monoisotopic (exact) mass is 371 g/mol. The molecule has 1 aliphatic rings. The van der Waals surface area contributed by atoms with Crippen LogP contribution >= 0.6 is 11.3 Å². The number of carbonyl (C=O) groups excluding carboxylic acids is 2. The number of hydrogen-bond donors (Lipinski definition) is 1. The Morgan fingerprint density at radius 3 is 2.54 bits per heavy atom. The van der Waals surface area contributed by atoms with Crippen molar-refractivity contribution in [1.82, 2.24) is 15.2 Å². The molecular weight excluding hydrogens is 346 g/mol. The van der Waals surface area contributed by atoms with Gasteiger partial charge in [-0.1, -0.05) is 38.1 Å². The number of thiazole rings is 1. The number of benzene rings is 1. The highest BCUT2D eigenvalue weighted by Crippen LogP contribution is 2.25. The third kappa shape index (κ3) is 4.49. The summed E-state index contributed by atoms with van der Waals surface area (Å²) < 4.78 is 0. The van der Waals surface area contributed by atoms with Crippen LogP contribution in [0.5, 0.6) is 0 Å². The molecule has 5 nitrogen and oxygen atoms in total. The van der Waals surface area contributed by atoms with E-state index in [2.05, 4.69) is 36.3 Å². The lowest BCUT2D eigenvalue weighted by molar-refractivity contribution is -0.129. The van der Waals surface area contributed by atoms with E-state index in [1.165, 1.54) is 16.9 Å². The van der Waals surface area contributed by atoms with Crippen LogP contribution in [-0.4, -0.2) is 41.3 Å². The van der Waals surface area contributed by atoms with E-state index in [0.29, 0.717) is 24.6 Å². The highest BCUT2D eigenvalue weighted by Gasteiger charge is 2.18. The number of amides is 2. The fourth-order valence-corrected chi connectivity index (χ4v) is 3.83. The van der Waals surface area contributed by atoms with Gasteiger partial charge in [-0.2, -0.15) is 0 Å². The van der Waals surface area contributed by atoms with Gasteiger partial charge in [-0.25, -0.2) is 4.98 Å². The molecule has 1 fully saturated rings. The smallest absolute Gasteiger partial charge is 0.270 e. The Morgan fingerprint density at radius 1 is 1.19 bits per heavy atom. The minimum Gasteiger partial charge on any atom is -0.350 e. The number of nitrogens with one attached hydrogen (secondary N) is 1. The SMILES string of the molecule is CC(C)c1ccc(-c2nc(C(=O)NCCC(=O)N3CCCC3)cs2)cc1. The van der Waals surface area contributed by atoms with Gasteiger partial charge in [0.05, 0.1) is 0 Å². The molecule has 0 saturated carbocycles. The van der Waals surface area contributed by atoms with E-state index in [4.69, 9.17) is 0 Å². The van der Waals surface area contributed by atoms with Crippen LogP contribution in [0.2, 0.25) is 0 Å². The average molecular weight is 372 g/mol. The summed E-state index contributed by atoms with van der Waals surface area (Å²) in [6.45, 7) is 6.37. The van der Waals surface area contributed by atoms with Crippen LogP contribution in [0.3, 0.4) is 0 Å². The molecule has 0 aliphatic carbocycles. The molecule has 2 amide bonds. The summed E-state index contributed by atoms with van der Waals surface area (Å²) in [4.78, 5) is 30.5. The number of hydrogen-bond acceptors (Lipinski definition) is 4. The van der Waals surface area contributed by atoms with E-state index in [0.717, 1.165) is 36.5 Å². The van der Waals surface area contributed by atoms with Gasteiger partial charge in [0.15, 0.2) is 0 Å². The molecule has 0 atom stereocenters. The summed E-state index contributed by atoms with van der Waals surface area (Å²) in [7, 11) is 0. The Morgan fingerprint density at radius 2 is 1.88 bits per heavy atom. The summed E-state index contributed by atoms with van der Waals surface area (Å²) in [6, 6.07) is 8.30. The minimum absolute atomic E-state index is 0.118. The quantitative estimate of drug-likeness (QED) is 0.843. The van der Waals surface area contributed by atoms with E-state index < -0.39 is 0 Å². The van der Waals surface area contributed by atoms with E-state index in [9.17, 15) is 9.59 Å². The van der Waals surface area contributed by atoms with Gasteiger partial charge in [0.25, 0.3) is 5.91 Å². The molecule has 1 saturated heterocycles. The molecule has 0 spiro atoms. The number of rotatable bonds is 6. The number of carbonyl (C=O) groups is 2. The van der Waals surface area contributed by atoms with Crippen LogP contribution < -0.4 is 5.32 Å². The van der Waals surface area contributed by atoms with Crippen molar-refractivity contribution in [1.29, 1.82) is 0 Å². The fraction of sp³-hybridized carbons (Fsp3) is 0.450. The van der Waals surface area contributed by atoms with Crippen LogP contribution in [0.1, 0.15) is 55.1 Å². The van der Waals surface area contributed by atoms with Crippen molar-refractivity contribution in [2.24, 2.45) is 0 Å². The normalized spacial score (nSPS) is 14.0. The maximum absolute atomic E-state index is 12.2. The van der Waals surface area contributed by atoms with E-state index in [1.54, 1.807) is 5.38 Å². The highest BCUT2D eigenvalue weighted by atomic mass is 32.1. The molecule has 1 aliphatic heterocycles. The Kier molecular flexibility index (Phi) is 6.04. The lowest BCUT2D eigenvalue weighted by Crippen LogP contribution is -2.32. The number of aromatic nitrogens is 1. The van der Waals surface area contributed by atoms with E-state index >= 15 is 0 Å². The first-order valence-electron chi connectivity index (χ1n) is 9.16. The number of nitrogens with zero attached hydrogens (tertiary/aromatic N) is 2. The van der Waals surface area contributed by atoms with Crippen molar-refractivity contribution < 1.29 is 9.59 Å². The van der Waals surface area contributed by atoms with Gasteiger partial charge in [-0.05, 0) is 24.3 Å². The molecular formula is C20H25N3O2S. The topological polar surface area (TPSA) is 62.3 Å². The van der Waals surface area contributed by atoms with Crippen LogP contribution in [-0.2, 0) is 4.79 Å². The largest absolute Gasteiger partial charge is 0.350 e. The lowest BCUT2D eigenvalue weighted by Gasteiger charge is -2.14. The minimum atomic E-state index is -0.222. The van der Waals surface area contributed by atoms with Crippen molar-refractivity contribution in [3.63, 3.8) is 0 Å². The summed E-state index contributed by atoms with van der Waals surface area (Å²) >= 11 is 1.46. The highest BCUT2D eigenvalue weighted by molar-refractivity contribution is 7.13. The van der Waals surface area contributed by atoms with Crippen molar-refractivity contribution in [3.8, 4) is 10.6 Å². The first kappa shape index (κ1) is 18.6. The van der Waals surface area contributed by atoms with E-state index in [-0.39, 0.29) is 11.8 Å². The van der Waals surface area contributed by atoms with Crippen LogP contribution in [0.25, 0.3) is 10.6 Å². The van der Waals surface area contributed by atoms with Crippen molar-refractivity contribution >= 4 is 23.2 Å². The Balaban J connectivity index is 1.53. The second kappa shape index (κ2) is 8.45. The average Bonchev–Trinajstić information content (AvgIpc) is 3.33. The maximum atomic E-state index is 12.2. The van der Waals surface area contributed by atoms with Gasteiger partial charge in [0.2, 0.25) is 5.91 Å². The zero-order valence-corrected chi connectivity index (χ0v) is 16.1. The van der Waals surface area contributed by atoms with Crippen LogP contribution in [0.4, 0.5) is 0 Å². The van der Waals surface area contributed by atoms with Gasteiger partial charge in [0, 0.05) is 37.0 Å². The van der Waals surface area contributed by atoms with Gasteiger partial charge in [-0.15, -0.1) is 11.3 Å². The maximum Gasteiger partial charge on any atom is 0.270 e. The first-order valence-corrected chi connectivity index (χ1v) is 10.0. The van der Waals surface area contributed by atoms with Crippen molar-refractivity contribution in [2.75, 3.05) is 19.6 Å². The molecule has 0 unspecified atom stereocenters. The standard InChI is InChI=1S/C20H25N3O2S/c1-14(2)15-5-7-16(8-6-15)20-22-17(13-26-20)19(25)21-10-9-18(24)23-11-3-4-12-23/h5-8,13-14H,3-4,9-12H2,1-2H3,(H,21,25). The summed E-state index contributed by atoms with van der Waals surface area (Å²) in [6.07, 6.45) is 2.51. The Bertz CT molecular complexity index is 762. The Labute approximate surface area is 158 Å². The predicted octanol–water partition coefficient (Wildman–Crippen LogP) is 3.68. The Hall–Kier alpha value is -2.21. The summed E-state index contributed by atoms with van der Waals surface area (Å²) in [5.41, 5.74) is 2.71. The zero-order valence-electron chi connectivity index (χ0n) is 15.3. The number of likely N-dealkylation sites (tertiary alicyclic amines) is 1. The zero-order chi connectivity index (χ0) is 18.5. The first-order chi connectivity index (χ1) is 12.5. The summed E-state index contributed by atoms with van der Waals surface area (Å²) in [5, 5.41) is 5.40. The molecule has 1 aromatic carbocycles. The van der Waals surface area contributed by atoms with Gasteiger partial charge >= 0.3 is 0 Å². The fourth-order valence-electron chi connectivity index (χ4n) is 3.02. The van der Waals surface area contributed by atoms with Gasteiger partial charge < -0.3 is 10.2 Å². The van der Waals surface area contributed by atoms with Crippen molar-refractivity contribution in [2.45, 2.75) is 39.0 Å². The molecule has 6 heteroatoms. The van der Waals surface area contributed by atoms with Gasteiger partial charge in [0.1, 0.15) is 10.7 Å². The molecule has 3 rings (SSSR count). The van der Waals surface area contributed by atoms with Crippen LogP contribution in [0, 0.1) is 0 Å². The predicted molar refractivity (Wildman–Crippen MR) is 104 cm³/mol. The third-order valence-corrected chi connectivity index (χ3v) is 5.54. The lowest BCUT2D eigenvalue weighted by atomic mass is 10.0. The second-order valence-corrected chi connectivity index (χ2v) is 7.77. The van der Waals surface area contributed by atoms with Crippen molar-refractivity contribution in [3.05, 3.63) is 40.9 Å². The summed E-state index contributed by atoms with van der Waals surface area (Å²) in [5.74, 6) is 0.387. The molecule has 0 radical (unpaired) electrons. The molecule has 2 heterocycles. The van der Waals surface area contributed by atoms with Crippen LogP contribution in [0.15, 0.2) is 29.6 Å². The molecule has 1 aromatic heterocycles. The second-order valence-electron chi connectivity index (χ2n) is 6.91. The molecule has 2 aromatic rings. The molecule has 138 valence electrons. The molecule has 1 N–H and O–H groups in total. The van der Waals surface area contributed by atoms with Gasteiger partial charge in [-0.3, -0.25) is 9.59 Å². The molecule has 26 heavy (non-hydrogen) atoms. The third-order valence-electron chi connectivity index (χ3n) is 4.64. The van der Waals surface area contributed by atoms with E-state index in [1.807, 2.05) is 17.0 Å².